The molecule has 0 aromatic rings. The molecule has 0 atom stereocenters. The second-order valence-electron chi connectivity index (χ2n) is 2.34. The Kier molecular flexibility index (Phi) is 3.61. The molecule has 1 aliphatic heterocycles. The van der Waals surface area contributed by atoms with E-state index in [9.17, 15) is 0 Å². The van der Waals surface area contributed by atoms with Gasteiger partial charge in [0, 0.05) is 32.3 Å². The lowest BCUT2D eigenvalue weighted by atomic mass is 10.4. The number of guanidine groups is 1. The van der Waals surface area contributed by atoms with Crippen molar-refractivity contribution >= 4 is 12.2 Å². The molecule has 0 aromatic carbocycles. The van der Waals surface area contributed by atoms with Gasteiger partial charge in [-0.3, -0.25) is 4.99 Å². The van der Waals surface area contributed by atoms with E-state index in [1.807, 2.05) is 13.3 Å². The third-order valence-electron chi connectivity index (χ3n) is 1.39. The largest absolute Gasteiger partial charge is 0.353 e. The Bertz CT molecular complexity index is 162. The number of nitrogens with one attached hydrogen (secondary N) is 2. The second kappa shape index (κ2) is 4.85. The van der Waals surface area contributed by atoms with Crippen LogP contribution in [0.5, 0.6) is 0 Å². The van der Waals surface area contributed by atoms with E-state index in [1.165, 1.54) is 0 Å². The highest BCUT2D eigenvalue weighted by atomic mass is 15.1. The lowest BCUT2D eigenvalue weighted by molar-refractivity contribution is 0.750. The second-order valence-corrected chi connectivity index (χ2v) is 2.34. The minimum absolute atomic E-state index is 0.770. The zero-order valence-corrected chi connectivity index (χ0v) is 6.80. The third-order valence-corrected chi connectivity index (χ3v) is 1.39. The van der Waals surface area contributed by atoms with E-state index < -0.39 is 0 Å². The van der Waals surface area contributed by atoms with Gasteiger partial charge in [-0.05, 0) is 7.05 Å². The summed E-state index contributed by atoms with van der Waals surface area (Å²) in [5, 5.41) is 6.15. The molecule has 0 fully saturated rings. The maximum Gasteiger partial charge on any atom is 0.217 e. The van der Waals surface area contributed by atoms with Crippen LogP contribution in [-0.4, -0.2) is 38.9 Å². The van der Waals surface area contributed by atoms with Crippen molar-refractivity contribution in [2.24, 2.45) is 9.98 Å². The summed E-state index contributed by atoms with van der Waals surface area (Å²) in [6, 6.07) is 0. The van der Waals surface area contributed by atoms with E-state index in [0.29, 0.717) is 0 Å². The Morgan fingerprint density at radius 1 is 1.55 bits per heavy atom. The fraction of sp³-hybridized carbons (Fsp3) is 0.714. The van der Waals surface area contributed by atoms with E-state index in [2.05, 4.69) is 20.6 Å². The maximum absolute atomic E-state index is 4.18. The van der Waals surface area contributed by atoms with Gasteiger partial charge < -0.3 is 10.6 Å². The normalized spacial score (nSPS) is 16.3. The lowest BCUT2D eigenvalue weighted by Crippen LogP contribution is -2.30. The third kappa shape index (κ3) is 3.13. The van der Waals surface area contributed by atoms with Crippen molar-refractivity contribution in [2.75, 3.05) is 26.7 Å². The average molecular weight is 154 g/mol. The zero-order chi connectivity index (χ0) is 7.94. The fourth-order valence-electron chi connectivity index (χ4n) is 0.821. The van der Waals surface area contributed by atoms with Crippen LogP contribution in [0.4, 0.5) is 0 Å². The number of nitrogens with zero attached hydrogens (tertiary/aromatic N) is 2. The molecule has 0 unspecified atom stereocenters. The molecule has 0 bridgehead atoms. The van der Waals surface area contributed by atoms with Crippen molar-refractivity contribution in [2.45, 2.75) is 6.42 Å². The summed E-state index contributed by atoms with van der Waals surface area (Å²) >= 11 is 0. The molecule has 2 N–H and O–H groups in total. The Morgan fingerprint density at radius 2 is 2.45 bits per heavy atom. The van der Waals surface area contributed by atoms with E-state index in [0.717, 1.165) is 32.0 Å². The van der Waals surface area contributed by atoms with E-state index in [1.54, 1.807) is 0 Å². The standard InChI is InChI=1S/C7H14N4/c1-8-5-6-11-7-9-3-2-4-10-7/h3,8H,2,4-6H2,1H3,(H,10,11). The predicted molar refractivity (Wildman–Crippen MR) is 47.3 cm³/mol. The number of aliphatic imine (C=N–C) groups is 2. The molecule has 0 saturated carbocycles. The van der Waals surface area contributed by atoms with E-state index in [4.69, 9.17) is 0 Å². The van der Waals surface area contributed by atoms with Crippen molar-refractivity contribution in [1.29, 1.82) is 0 Å². The zero-order valence-electron chi connectivity index (χ0n) is 6.80. The van der Waals surface area contributed by atoms with E-state index in [-0.39, 0.29) is 0 Å². The van der Waals surface area contributed by atoms with Crippen LogP contribution in [0.2, 0.25) is 0 Å². The number of rotatable bonds is 3. The molecule has 0 aromatic heterocycles. The highest BCUT2D eigenvalue weighted by Gasteiger charge is 1.96. The summed E-state index contributed by atoms with van der Waals surface area (Å²) in [6.45, 7) is 2.69. The summed E-state index contributed by atoms with van der Waals surface area (Å²) < 4.78 is 0. The van der Waals surface area contributed by atoms with Crippen LogP contribution in [-0.2, 0) is 0 Å². The Morgan fingerprint density at radius 3 is 3.09 bits per heavy atom. The van der Waals surface area contributed by atoms with Gasteiger partial charge in [0.05, 0.1) is 0 Å². The summed E-state index contributed by atoms with van der Waals surface area (Å²) in [7, 11) is 1.92. The molecular weight excluding hydrogens is 140 g/mol. The van der Waals surface area contributed by atoms with Gasteiger partial charge in [-0.1, -0.05) is 0 Å². The Labute approximate surface area is 66.8 Å². The van der Waals surface area contributed by atoms with Crippen LogP contribution in [0.15, 0.2) is 9.98 Å². The molecule has 4 heteroatoms. The van der Waals surface area contributed by atoms with Gasteiger partial charge in [0.2, 0.25) is 5.96 Å². The molecule has 0 amide bonds. The molecular formula is C7H14N4. The fourth-order valence-corrected chi connectivity index (χ4v) is 0.821. The summed E-state index contributed by atoms with van der Waals surface area (Å²) in [6.07, 6.45) is 2.87. The maximum atomic E-state index is 4.18. The van der Waals surface area contributed by atoms with Crippen LogP contribution in [0.25, 0.3) is 0 Å². The number of hydrogen-bond donors (Lipinski definition) is 2. The average Bonchev–Trinajstić information content (AvgIpc) is 2.07. The predicted octanol–water partition coefficient (Wildman–Crippen LogP) is -0.374. The first kappa shape index (κ1) is 8.20. The highest BCUT2D eigenvalue weighted by Crippen LogP contribution is 1.87. The Balaban J connectivity index is 2.15. The van der Waals surface area contributed by atoms with Crippen molar-refractivity contribution in [3.63, 3.8) is 0 Å². The first-order valence-corrected chi connectivity index (χ1v) is 3.89. The van der Waals surface area contributed by atoms with Gasteiger partial charge in [0.1, 0.15) is 0 Å². The van der Waals surface area contributed by atoms with Gasteiger partial charge in [-0.25, -0.2) is 4.99 Å². The molecule has 62 valence electrons. The Hall–Kier alpha value is -0.900. The first-order valence-electron chi connectivity index (χ1n) is 3.89. The van der Waals surface area contributed by atoms with Crippen LogP contribution < -0.4 is 10.6 Å². The first-order chi connectivity index (χ1) is 5.43. The van der Waals surface area contributed by atoms with Crippen LogP contribution in [0, 0.1) is 0 Å². The highest BCUT2D eigenvalue weighted by molar-refractivity contribution is 5.89. The van der Waals surface area contributed by atoms with Gasteiger partial charge in [0.15, 0.2) is 0 Å². The molecule has 0 radical (unpaired) electrons. The molecule has 1 heterocycles. The van der Waals surface area contributed by atoms with Crippen LogP contribution >= 0.6 is 0 Å². The monoisotopic (exact) mass is 154 g/mol. The topological polar surface area (TPSA) is 48.8 Å². The number of hydrogen-bond acceptors (Lipinski definition) is 4. The van der Waals surface area contributed by atoms with E-state index >= 15 is 0 Å². The van der Waals surface area contributed by atoms with Gasteiger partial charge in [0.25, 0.3) is 0 Å². The quantitative estimate of drug-likeness (QED) is 0.545. The minimum atomic E-state index is 0.770. The summed E-state index contributed by atoms with van der Waals surface area (Å²) in [5.41, 5.74) is 0. The molecule has 0 spiro atoms. The smallest absolute Gasteiger partial charge is 0.217 e. The minimum Gasteiger partial charge on any atom is -0.353 e. The lowest BCUT2D eigenvalue weighted by Gasteiger charge is -2.07. The molecule has 1 aliphatic rings. The summed E-state index contributed by atoms with van der Waals surface area (Å²) in [5.74, 6) is 0.770. The molecule has 11 heavy (non-hydrogen) atoms. The molecule has 0 saturated heterocycles. The summed E-state index contributed by atoms with van der Waals surface area (Å²) in [4.78, 5) is 8.27. The molecule has 0 aliphatic carbocycles. The number of likely N-dealkylation sites (N-methyl/N-ethyl adjacent to an activating group) is 1. The van der Waals surface area contributed by atoms with Crippen molar-refractivity contribution in [1.82, 2.24) is 10.6 Å². The van der Waals surface area contributed by atoms with Gasteiger partial charge in [-0.2, -0.15) is 0 Å². The molecule has 4 nitrogen and oxygen atoms in total. The van der Waals surface area contributed by atoms with Crippen molar-refractivity contribution in [3.05, 3.63) is 0 Å². The van der Waals surface area contributed by atoms with Crippen LogP contribution in [0.1, 0.15) is 6.42 Å². The van der Waals surface area contributed by atoms with Crippen LogP contribution in [0.3, 0.4) is 0 Å². The molecule has 1 rings (SSSR count). The van der Waals surface area contributed by atoms with Gasteiger partial charge >= 0.3 is 0 Å². The SMILES string of the molecule is CNCCNC1=NCCC=N1. The van der Waals surface area contributed by atoms with Crippen molar-refractivity contribution in [3.8, 4) is 0 Å². The van der Waals surface area contributed by atoms with Crippen molar-refractivity contribution < 1.29 is 0 Å². The van der Waals surface area contributed by atoms with Gasteiger partial charge in [-0.15, -0.1) is 0 Å².